The summed E-state index contributed by atoms with van der Waals surface area (Å²) in [6.07, 6.45) is 2.87. The summed E-state index contributed by atoms with van der Waals surface area (Å²) < 4.78 is 12.8. The zero-order chi connectivity index (χ0) is 13.9. The molecule has 0 saturated heterocycles. The number of rotatable bonds is 10. The summed E-state index contributed by atoms with van der Waals surface area (Å²) in [4.78, 5) is 0. The fourth-order valence-corrected chi connectivity index (χ4v) is 2.19. The van der Waals surface area contributed by atoms with E-state index in [1.54, 1.807) is 0 Å². The molecule has 3 heteroatoms. The molecule has 0 aromatic heterocycles. The Hall–Kier alpha value is -0.930. The molecule has 0 aliphatic carbocycles. The molecule has 0 spiro atoms. The topological polar surface area (TPSA) is 24.1 Å². The number of halogens is 1. The van der Waals surface area contributed by atoms with E-state index in [-0.39, 0.29) is 6.04 Å². The molecular weight excluding hydrogens is 239 g/mol. The third-order valence-corrected chi connectivity index (χ3v) is 3.16. The van der Waals surface area contributed by atoms with Crippen LogP contribution in [0.5, 0.6) is 0 Å². The highest BCUT2D eigenvalue weighted by molar-refractivity contribution is 5.14. The van der Waals surface area contributed by atoms with Crippen molar-refractivity contribution in [2.75, 3.05) is 13.1 Å². The maximum Gasteiger partial charge on any atom is 0.151 e. The molecule has 0 saturated carbocycles. The Morgan fingerprint density at radius 3 is 2.53 bits per heavy atom. The lowest BCUT2D eigenvalue weighted by Crippen LogP contribution is -2.36. The van der Waals surface area contributed by atoms with Gasteiger partial charge in [-0.25, -0.2) is 4.39 Å². The van der Waals surface area contributed by atoms with Crippen molar-refractivity contribution < 1.29 is 4.39 Å². The molecule has 0 aliphatic heterocycles. The van der Waals surface area contributed by atoms with Gasteiger partial charge in [0.05, 0.1) is 0 Å². The predicted molar refractivity (Wildman–Crippen MR) is 79.7 cm³/mol. The van der Waals surface area contributed by atoms with Crippen molar-refractivity contribution in [2.45, 2.75) is 44.9 Å². The Morgan fingerprint density at radius 2 is 1.89 bits per heavy atom. The molecule has 107 valence electrons. The Morgan fingerprint density at radius 1 is 1.16 bits per heavy atom. The SMILES string of the molecule is [CH2]C(F)NC(CCC)CCNCCc1ccccc1. The average molecular weight is 265 g/mol. The third kappa shape index (κ3) is 7.96. The van der Waals surface area contributed by atoms with E-state index < -0.39 is 6.30 Å². The fraction of sp³-hybridized carbons (Fsp3) is 0.562. The molecule has 0 amide bonds. The second-order valence-electron chi connectivity index (χ2n) is 4.89. The second kappa shape index (κ2) is 9.93. The van der Waals surface area contributed by atoms with Crippen LogP contribution in [0.1, 0.15) is 31.7 Å². The van der Waals surface area contributed by atoms with Gasteiger partial charge in [0.2, 0.25) is 0 Å². The highest BCUT2D eigenvalue weighted by Gasteiger charge is 2.09. The van der Waals surface area contributed by atoms with Crippen molar-refractivity contribution in [2.24, 2.45) is 0 Å². The van der Waals surface area contributed by atoms with Crippen molar-refractivity contribution >= 4 is 0 Å². The summed E-state index contributed by atoms with van der Waals surface area (Å²) in [5.74, 6) is 0. The quantitative estimate of drug-likeness (QED) is 0.502. The minimum absolute atomic E-state index is 0.224. The lowest BCUT2D eigenvalue weighted by molar-refractivity contribution is 0.278. The van der Waals surface area contributed by atoms with Gasteiger partial charge in [0.25, 0.3) is 0 Å². The van der Waals surface area contributed by atoms with E-state index in [9.17, 15) is 4.39 Å². The van der Waals surface area contributed by atoms with E-state index >= 15 is 0 Å². The number of hydrogen-bond acceptors (Lipinski definition) is 2. The second-order valence-corrected chi connectivity index (χ2v) is 4.89. The van der Waals surface area contributed by atoms with E-state index in [1.807, 2.05) is 6.07 Å². The largest absolute Gasteiger partial charge is 0.316 e. The standard InChI is InChI=1S/C16H26FN2/c1-3-7-16(19-14(2)17)11-13-18-12-10-15-8-5-4-6-9-15/h4-6,8-9,14,16,18-19H,2-3,7,10-13H2,1H3. The van der Waals surface area contributed by atoms with Crippen LogP contribution in [0.25, 0.3) is 0 Å². The number of hydrogen-bond donors (Lipinski definition) is 2. The van der Waals surface area contributed by atoms with Crippen LogP contribution >= 0.6 is 0 Å². The summed E-state index contributed by atoms with van der Waals surface area (Å²) in [6, 6.07) is 10.7. The molecule has 0 bridgehead atoms. The number of nitrogens with one attached hydrogen (secondary N) is 2. The molecule has 1 aromatic rings. The fourth-order valence-electron chi connectivity index (χ4n) is 2.19. The maximum absolute atomic E-state index is 12.8. The molecule has 2 N–H and O–H groups in total. The van der Waals surface area contributed by atoms with Crippen LogP contribution in [0.15, 0.2) is 30.3 Å². The molecular formula is C16H26FN2. The van der Waals surface area contributed by atoms with Gasteiger partial charge in [-0.15, -0.1) is 0 Å². The van der Waals surface area contributed by atoms with E-state index in [2.05, 4.69) is 48.7 Å². The lowest BCUT2D eigenvalue weighted by Gasteiger charge is -2.19. The van der Waals surface area contributed by atoms with Gasteiger partial charge in [-0.2, -0.15) is 0 Å². The lowest BCUT2D eigenvalue weighted by atomic mass is 10.1. The molecule has 0 heterocycles. The van der Waals surface area contributed by atoms with Crippen molar-refractivity contribution in [1.29, 1.82) is 0 Å². The van der Waals surface area contributed by atoms with E-state index in [0.717, 1.165) is 38.8 Å². The monoisotopic (exact) mass is 265 g/mol. The van der Waals surface area contributed by atoms with E-state index in [4.69, 9.17) is 0 Å². The minimum Gasteiger partial charge on any atom is -0.316 e. The average Bonchev–Trinajstić information content (AvgIpc) is 2.39. The minimum atomic E-state index is -1.17. The van der Waals surface area contributed by atoms with Crippen LogP contribution in [0.3, 0.4) is 0 Å². The summed E-state index contributed by atoms with van der Waals surface area (Å²) in [7, 11) is 0. The molecule has 2 atom stereocenters. The Kier molecular flexibility index (Phi) is 8.43. The first-order chi connectivity index (χ1) is 9.22. The van der Waals surface area contributed by atoms with Gasteiger partial charge in [0, 0.05) is 6.04 Å². The van der Waals surface area contributed by atoms with Crippen LogP contribution in [0, 0.1) is 6.92 Å². The molecule has 2 nitrogen and oxygen atoms in total. The number of benzene rings is 1. The van der Waals surface area contributed by atoms with Crippen molar-refractivity contribution in [3.8, 4) is 0 Å². The van der Waals surface area contributed by atoms with Crippen LogP contribution in [-0.2, 0) is 6.42 Å². The predicted octanol–water partition coefficient (Wildman–Crippen LogP) is 3.10. The van der Waals surface area contributed by atoms with Gasteiger partial charge in [-0.1, -0.05) is 43.7 Å². The highest BCUT2D eigenvalue weighted by Crippen LogP contribution is 2.03. The molecule has 2 unspecified atom stereocenters. The number of alkyl halides is 1. The van der Waals surface area contributed by atoms with Crippen LogP contribution in [0.2, 0.25) is 0 Å². The molecule has 19 heavy (non-hydrogen) atoms. The first-order valence-corrected chi connectivity index (χ1v) is 7.20. The van der Waals surface area contributed by atoms with Gasteiger partial charge in [0.1, 0.15) is 0 Å². The van der Waals surface area contributed by atoms with Crippen molar-refractivity contribution in [3.05, 3.63) is 42.8 Å². The van der Waals surface area contributed by atoms with E-state index in [0.29, 0.717) is 0 Å². The highest BCUT2D eigenvalue weighted by atomic mass is 19.1. The summed E-state index contributed by atoms with van der Waals surface area (Å²) in [5, 5.41) is 6.28. The third-order valence-electron chi connectivity index (χ3n) is 3.16. The van der Waals surface area contributed by atoms with Gasteiger partial charge < -0.3 is 5.32 Å². The van der Waals surface area contributed by atoms with Gasteiger partial charge in [-0.05, 0) is 44.8 Å². The Bertz CT molecular complexity index is 314. The molecule has 1 rings (SSSR count). The normalized spacial score (nSPS) is 14.3. The van der Waals surface area contributed by atoms with Crippen LogP contribution < -0.4 is 10.6 Å². The summed E-state index contributed by atoms with van der Waals surface area (Å²) in [5.41, 5.74) is 1.35. The zero-order valence-corrected chi connectivity index (χ0v) is 11.9. The molecule has 0 aliphatic rings. The van der Waals surface area contributed by atoms with Crippen LogP contribution in [-0.4, -0.2) is 25.4 Å². The first-order valence-electron chi connectivity index (χ1n) is 7.20. The first kappa shape index (κ1) is 16.1. The maximum atomic E-state index is 12.8. The summed E-state index contributed by atoms with van der Waals surface area (Å²) >= 11 is 0. The smallest absolute Gasteiger partial charge is 0.151 e. The molecule has 0 fully saturated rings. The van der Waals surface area contributed by atoms with Crippen molar-refractivity contribution in [3.63, 3.8) is 0 Å². The summed E-state index contributed by atoms with van der Waals surface area (Å²) in [6.45, 7) is 7.34. The molecule has 1 radical (unpaired) electrons. The molecule has 1 aromatic carbocycles. The van der Waals surface area contributed by atoms with Crippen LogP contribution in [0.4, 0.5) is 4.39 Å². The van der Waals surface area contributed by atoms with Gasteiger partial charge >= 0.3 is 0 Å². The van der Waals surface area contributed by atoms with Gasteiger partial charge in [-0.3, -0.25) is 5.32 Å². The Balaban J connectivity index is 2.11. The van der Waals surface area contributed by atoms with Gasteiger partial charge in [0.15, 0.2) is 6.30 Å². The van der Waals surface area contributed by atoms with E-state index in [1.165, 1.54) is 5.56 Å². The zero-order valence-electron chi connectivity index (χ0n) is 11.9. The Labute approximate surface area is 116 Å². The van der Waals surface area contributed by atoms with Crippen molar-refractivity contribution in [1.82, 2.24) is 10.6 Å².